The van der Waals surface area contributed by atoms with E-state index in [4.69, 9.17) is 28.9 Å². The number of anilines is 1. The summed E-state index contributed by atoms with van der Waals surface area (Å²) >= 11 is 11.7. The SMILES string of the molecule is CC(N)CC(C)Nc1ncc(Cl)cc1Cl. The van der Waals surface area contributed by atoms with Crippen LogP contribution in [0, 0.1) is 0 Å². The van der Waals surface area contributed by atoms with Crippen molar-refractivity contribution in [2.45, 2.75) is 32.4 Å². The van der Waals surface area contributed by atoms with Crippen molar-refractivity contribution in [2.24, 2.45) is 5.73 Å². The number of aromatic nitrogens is 1. The standard InChI is InChI=1S/C10H15Cl2N3/c1-6(13)3-7(2)15-10-9(12)4-8(11)5-14-10/h4-7H,3,13H2,1-2H3,(H,14,15). The molecule has 0 amide bonds. The van der Waals surface area contributed by atoms with E-state index in [0.717, 1.165) is 6.42 Å². The molecule has 84 valence electrons. The van der Waals surface area contributed by atoms with Crippen molar-refractivity contribution in [1.82, 2.24) is 4.98 Å². The van der Waals surface area contributed by atoms with Crippen molar-refractivity contribution >= 4 is 29.0 Å². The highest BCUT2D eigenvalue weighted by molar-refractivity contribution is 6.35. The van der Waals surface area contributed by atoms with Gasteiger partial charge in [0.15, 0.2) is 0 Å². The molecule has 5 heteroatoms. The molecular weight excluding hydrogens is 233 g/mol. The minimum Gasteiger partial charge on any atom is -0.366 e. The minimum absolute atomic E-state index is 0.151. The third-order valence-electron chi connectivity index (χ3n) is 1.92. The van der Waals surface area contributed by atoms with Gasteiger partial charge in [-0.3, -0.25) is 0 Å². The fourth-order valence-corrected chi connectivity index (χ4v) is 1.81. The van der Waals surface area contributed by atoms with Crippen LogP contribution < -0.4 is 11.1 Å². The molecule has 1 heterocycles. The van der Waals surface area contributed by atoms with Gasteiger partial charge in [0.1, 0.15) is 5.82 Å². The molecule has 15 heavy (non-hydrogen) atoms. The number of nitrogens with one attached hydrogen (secondary N) is 1. The Bertz CT molecular complexity index is 328. The first-order valence-electron chi connectivity index (χ1n) is 4.82. The van der Waals surface area contributed by atoms with Crippen molar-refractivity contribution in [3.05, 3.63) is 22.3 Å². The first-order valence-corrected chi connectivity index (χ1v) is 5.57. The highest BCUT2D eigenvalue weighted by atomic mass is 35.5. The maximum absolute atomic E-state index is 5.97. The maximum Gasteiger partial charge on any atom is 0.145 e. The lowest BCUT2D eigenvalue weighted by Crippen LogP contribution is -2.26. The third kappa shape index (κ3) is 4.24. The normalized spacial score (nSPS) is 14.7. The molecule has 1 aromatic rings. The van der Waals surface area contributed by atoms with Crippen molar-refractivity contribution in [1.29, 1.82) is 0 Å². The van der Waals surface area contributed by atoms with Crippen LogP contribution in [0.15, 0.2) is 12.3 Å². The van der Waals surface area contributed by atoms with Gasteiger partial charge in [-0.2, -0.15) is 0 Å². The van der Waals surface area contributed by atoms with Crippen molar-refractivity contribution in [2.75, 3.05) is 5.32 Å². The number of halogens is 2. The zero-order valence-electron chi connectivity index (χ0n) is 8.80. The monoisotopic (exact) mass is 247 g/mol. The van der Waals surface area contributed by atoms with E-state index in [1.165, 1.54) is 0 Å². The molecule has 0 aliphatic heterocycles. The summed E-state index contributed by atoms with van der Waals surface area (Å²) in [6.45, 7) is 4.01. The summed E-state index contributed by atoms with van der Waals surface area (Å²) in [6, 6.07) is 2.05. The zero-order chi connectivity index (χ0) is 11.4. The van der Waals surface area contributed by atoms with Gasteiger partial charge in [-0.1, -0.05) is 23.2 Å². The van der Waals surface area contributed by atoms with Crippen LogP contribution in [-0.4, -0.2) is 17.1 Å². The molecule has 0 spiro atoms. The van der Waals surface area contributed by atoms with Gasteiger partial charge in [-0.25, -0.2) is 4.98 Å². The van der Waals surface area contributed by atoms with Gasteiger partial charge in [0, 0.05) is 18.3 Å². The molecule has 3 nitrogen and oxygen atoms in total. The molecule has 1 aromatic heterocycles. The van der Waals surface area contributed by atoms with Gasteiger partial charge in [-0.15, -0.1) is 0 Å². The molecule has 1 rings (SSSR count). The number of hydrogen-bond acceptors (Lipinski definition) is 3. The summed E-state index contributed by atoms with van der Waals surface area (Å²) in [6.07, 6.45) is 2.43. The zero-order valence-corrected chi connectivity index (χ0v) is 10.3. The number of rotatable bonds is 4. The minimum atomic E-state index is 0.151. The topological polar surface area (TPSA) is 50.9 Å². The van der Waals surface area contributed by atoms with Crippen LogP contribution in [0.5, 0.6) is 0 Å². The molecule has 0 aliphatic rings. The maximum atomic E-state index is 5.97. The Morgan fingerprint density at radius 2 is 2.13 bits per heavy atom. The highest BCUT2D eigenvalue weighted by Crippen LogP contribution is 2.23. The van der Waals surface area contributed by atoms with Gasteiger partial charge in [-0.05, 0) is 26.3 Å². The van der Waals surface area contributed by atoms with Gasteiger partial charge < -0.3 is 11.1 Å². The second-order valence-electron chi connectivity index (χ2n) is 3.74. The molecule has 0 aliphatic carbocycles. The molecule has 0 aromatic carbocycles. The van der Waals surface area contributed by atoms with E-state index in [0.29, 0.717) is 15.9 Å². The van der Waals surface area contributed by atoms with Crippen LogP contribution in [0.3, 0.4) is 0 Å². The molecular formula is C10H15Cl2N3. The molecule has 2 unspecified atom stereocenters. The second kappa shape index (κ2) is 5.54. The first kappa shape index (κ1) is 12.6. The summed E-state index contributed by atoms with van der Waals surface area (Å²) in [7, 11) is 0. The molecule has 3 N–H and O–H groups in total. The lowest BCUT2D eigenvalue weighted by atomic mass is 10.1. The molecule has 0 fully saturated rings. The second-order valence-corrected chi connectivity index (χ2v) is 4.59. The van der Waals surface area contributed by atoms with Crippen molar-refractivity contribution in [3.63, 3.8) is 0 Å². The van der Waals surface area contributed by atoms with Crippen LogP contribution in [0.1, 0.15) is 20.3 Å². The Balaban J connectivity index is 2.64. The van der Waals surface area contributed by atoms with Crippen molar-refractivity contribution < 1.29 is 0 Å². The predicted octanol–water partition coefficient (Wildman–Crippen LogP) is 2.93. The average Bonchev–Trinajstić information content (AvgIpc) is 2.08. The Hall–Kier alpha value is -0.510. The number of nitrogens with two attached hydrogens (primary N) is 1. The Labute approximate surface area is 100.0 Å². The van der Waals surface area contributed by atoms with Gasteiger partial charge in [0.05, 0.1) is 10.0 Å². The van der Waals surface area contributed by atoms with Crippen LogP contribution in [-0.2, 0) is 0 Å². The number of nitrogens with zero attached hydrogens (tertiary/aromatic N) is 1. The van der Waals surface area contributed by atoms with Gasteiger partial charge >= 0.3 is 0 Å². The van der Waals surface area contributed by atoms with Crippen LogP contribution in [0.4, 0.5) is 5.82 Å². The largest absolute Gasteiger partial charge is 0.366 e. The fraction of sp³-hybridized carbons (Fsp3) is 0.500. The quantitative estimate of drug-likeness (QED) is 0.861. The lowest BCUT2D eigenvalue weighted by molar-refractivity contribution is 0.603. The van der Waals surface area contributed by atoms with E-state index in [9.17, 15) is 0 Å². The summed E-state index contributed by atoms with van der Waals surface area (Å²) in [5.74, 6) is 0.647. The number of pyridine rings is 1. The molecule has 0 radical (unpaired) electrons. The lowest BCUT2D eigenvalue weighted by Gasteiger charge is -2.17. The smallest absolute Gasteiger partial charge is 0.145 e. The Morgan fingerprint density at radius 3 is 2.67 bits per heavy atom. The molecule has 0 saturated heterocycles. The van der Waals surface area contributed by atoms with E-state index < -0.39 is 0 Å². The average molecular weight is 248 g/mol. The number of hydrogen-bond donors (Lipinski definition) is 2. The first-order chi connectivity index (χ1) is 6.99. The third-order valence-corrected chi connectivity index (χ3v) is 2.41. The summed E-state index contributed by atoms with van der Waals surface area (Å²) < 4.78 is 0. The summed E-state index contributed by atoms with van der Waals surface area (Å²) in [5.41, 5.74) is 5.69. The van der Waals surface area contributed by atoms with Crippen LogP contribution >= 0.6 is 23.2 Å². The van der Waals surface area contributed by atoms with Crippen LogP contribution in [0.2, 0.25) is 10.0 Å². The predicted molar refractivity (Wildman–Crippen MR) is 65.6 cm³/mol. The molecule has 2 atom stereocenters. The highest BCUT2D eigenvalue weighted by Gasteiger charge is 2.08. The Kier molecular flexibility index (Phi) is 4.64. The van der Waals surface area contributed by atoms with E-state index in [1.807, 2.05) is 13.8 Å². The van der Waals surface area contributed by atoms with E-state index in [-0.39, 0.29) is 12.1 Å². The molecule has 0 saturated carbocycles. The molecule has 0 bridgehead atoms. The van der Waals surface area contributed by atoms with E-state index in [1.54, 1.807) is 12.3 Å². The van der Waals surface area contributed by atoms with E-state index >= 15 is 0 Å². The van der Waals surface area contributed by atoms with Gasteiger partial charge in [0.2, 0.25) is 0 Å². The summed E-state index contributed by atoms with van der Waals surface area (Å²) in [4.78, 5) is 4.11. The summed E-state index contributed by atoms with van der Waals surface area (Å²) in [5, 5.41) is 4.25. The van der Waals surface area contributed by atoms with Crippen LogP contribution in [0.25, 0.3) is 0 Å². The van der Waals surface area contributed by atoms with E-state index in [2.05, 4.69) is 10.3 Å². The van der Waals surface area contributed by atoms with Gasteiger partial charge in [0.25, 0.3) is 0 Å². The fourth-order valence-electron chi connectivity index (χ4n) is 1.37. The Morgan fingerprint density at radius 1 is 1.47 bits per heavy atom. The van der Waals surface area contributed by atoms with Crippen molar-refractivity contribution in [3.8, 4) is 0 Å².